The zero-order chi connectivity index (χ0) is 16.8. The molecule has 5 nitrogen and oxygen atoms in total. The second-order valence-corrected chi connectivity index (χ2v) is 6.29. The Balaban J connectivity index is 0.00000225. The van der Waals surface area contributed by atoms with E-state index >= 15 is 0 Å². The second-order valence-electron chi connectivity index (χ2n) is 6.29. The maximum atomic E-state index is 4.64. The lowest BCUT2D eigenvalue weighted by atomic mass is 10.1. The Bertz CT molecular complexity index is 674. The van der Waals surface area contributed by atoms with E-state index in [1.54, 1.807) is 0 Å². The predicted octanol–water partition coefficient (Wildman–Crippen LogP) is 3.40. The maximum absolute atomic E-state index is 4.64. The smallest absolute Gasteiger partial charge is 0.193 e. The Hall–Kier alpha value is -1.57. The van der Waals surface area contributed by atoms with Gasteiger partial charge in [-0.1, -0.05) is 18.2 Å². The molecule has 0 spiro atoms. The van der Waals surface area contributed by atoms with E-state index < -0.39 is 0 Å². The van der Waals surface area contributed by atoms with Gasteiger partial charge in [-0.25, -0.2) is 4.68 Å². The Labute approximate surface area is 167 Å². The normalized spacial score (nSPS) is 14.5. The number of hydrogen-bond donors (Lipinski definition) is 1. The average Bonchev–Trinajstić information content (AvgIpc) is 3.26. The minimum atomic E-state index is 0. The highest BCUT2D eigenvalue weighted by molar-refractivity contribution is 14.0. The van der Waals surface area contributed by atoms with Gasteiger partial charge in [0.25, 0.3) is 0 Å². The van der Waals surface area contributed by atoms with Crippen LogP contribution in [0.25, 0.3) is 5.69 Å². The third-order valence-corrected chi connectivity index (χ3v) is 4.54. The van der Waals surface area contributed by atoms with Crippen LogP contribution >= 0.6 is 24.0 Å². The molecular weight excluding hydrogens is 425 g/mol. The van der Waals surface area contributed by atoms with E-state index in [-0.39, 0.29) is 24.0 Å². The zero-order valence-electron chi connectivity index (χ0n) is 15.1. The second kappa shape index (κ2) is 9.79. The Morgan fingerprint density at radius 2 is 1.92 bits per heavy atom. The standard InChI is InChI=1S/C19H27N5.HI/c1-16-17(15-24(22-16)18-10-4-3-5-11-18)9-8-12-21-19(20-2)23-13-6-7-14-23;/h3-5,10-11,15H,6-9,12-14H2,1-2H3,(H,20,21);1H. The molecule has 6 heteroatoms. The number of para-hydroxylation sites is 1. The summed E-state index contributed by atoms with van der Waals surface area (Å²) < 4.78 is 1.97. The van der Waals surface area contributed by atoms with E-state index in [1.807, 2.05) is 29.9 Å². The number of aromatic nitrogens is 2. The van der Waals surface area contributed by atoms with Gasteiger partial charge >= 0.3 is 0 Å². The number of nitrogens with one attached hydrogen (secondary N) is 1. The van der Waals surface area contributed by atoms with Gasteiger partial charge in [0.1, 0.15) is 0 Å². The Morgan fingerprint density at radius 3 is 2.60 bits per heavy atom. The molecule has 1 N–H and O–H groups in total. The van der Waals surface area contributed by atoms with Crippen LogP contribution in [-0.4, -0.2) is 47.3 Å². The molecule has 0 amide bonds. The minimum absolute atomic E-state index is 0. The van der Waals surface area contributed by atoms with E-state index in [2.05, 4.69) is 45.6 Å². The van der Waals surface area contributed by atoms with Gasteiger partial charge in [-0.15, -0.1) is 24.0 Å². The van der Waals surface area contributed by atoms with Crippen molar-refractivity contribution in [1.29, 1.82) is 0 Å². The van der Waals surface area contributed by atoms with E-state index in [0.717, 1.165) is 49.8 Å². The van der Waals surface area contributed by atoms with Crippen LogP contribution in [0.1, 0.15) is 30.5 Å². The molecule has 0 aliphatic carbocycles. The lowest BCUT2D eigenvalue weighted by Crippen LogP contribution is -2.40. The van der Waals surface area contributed by atoms with Gasteiger partial charge in [0.15, 0.2) is 5.96 Å². The molecule has 25 heavy (non-hydrogen) atoms. The van der Waals surface area contributed by atoms with Crippen molar-refractivity contribution in [3.63, 3.8) is 0 Å². The number of halogens is 1. The minimum Gasteiger partial charge on any atom is -0.356 e. The number of aliphatic imine (C=N–C) groups is 1. The monoisotopic (exact) mass is 453 g/mol. The van der Waals surface area contributed by atoms with E-state index in [9.17, 15) is 0 Å². The summed E-state index contributed by atoms with van der Waals surface area (Å²) in [5.41, 5.74) is 3.54. The molecule has 2 heterocycles. The summed E-state index contributed by atoms with van der Waals surface area (Å²) in [6.45, 7) is 5.29. The molecule has 1 aliphatic rings. The van der Waals surface area contributed by atoms with E-state index in [4.69, 9.17) is 0 Å². The topological polar surface area (TPSA) is 45.5 Å². The van der Waals surface area contributed by atoms with Crippen LogP contribution in [-0.2, 0) is 6.42 Å². The molecule has 0 radical (unpaired) electrons. The number of nitrogens with zero attached hydrogens (tertiary/aromatic N) is 4. The number of aryl methyl sites for hydroxylation is 2. The third-order valence-electron chi connectivity index (χ3n) is 4.54. The molecule has 1 aliphatic heterocycles. The molecule has 1 saturated heterocycles. The fraction of sp³-hybridized carbons (Fsp3) is 0.474. The predicted molar refractivity (Wildman–Crippen MR) is 114 cm³/mol. The molecule has 0 saturated carbocycles. The van der Waals surface area contributed by atoms with Gasteiger partial charge in [0.2, 0.25) is 0 Å². The number of guanidine groups is 1. The van der Waals surface area contributed by atoms with Gasteiger partial charge in [-0.05, 0) is 50.3 Å². The van der Waals surface area contributed by atoms with Crippen LogP contribution in [0.5, 0.6) is 0 Å². The Kier molecular flexibility index (Phi) is 7.74. The van der Waals surface area contributed by atoms with Crippen LogP contribution < -0.4 is 5.32 Å². The quantitative estimate of drug-likeness (QED) is 0.327. The zero-order valence-corrected chi connectivity index (χ0v) is 17.4. The molecule has 1 aromatic carbocycles. The van der Waals surface area contributed by atoms with Crippen LogP contribution in [0.4, 0.5) is 0 Å². The summed E-state index contributed by atoms with van der Waals surface area (Å²) in [7, 11) is 1.87. The van der Waals surface area contributed by atoms with Gasteiger partial charge < -0.3 is 10.2 Å². The summed E-state index contributed by atoms with van der Waals surface area (Å²) in [6, 6.07) is 10.3. The van der Waals surface area contributed by atoms with Crippen LogP contribution in [0.15, 0.2) is 41.5 Å². The molecule has 0 bridgehead atoms. The van der Waals surface area contributed by atoms with Crippen molar-refractivity contribution in [2.24, 2.45) is 4.99 Å². The summed E-state index contributed by atoms with van der Waals surface area (Å²) in [4.78, 5) is 6.74. The first-order valence-corrected chi connectivity index (χ1v) is 8.84. The van der Waals surface area contributed by atoms with Crippen molar-refractivity contribution >= 4 is 29.9 Å². The lowest BCUT2D eigenvalue weighted by Gasteiger charge is -2.20. The molecule has 2 aromatic rings. The molecule has 3 rings (SSSR count). The molecule has 136 valence electrons. The largest absolute Gasteiger partial charge is 0.356 e. The van der Waals surface area contributed by atoms with Crippen molar-refractivity contribution in [3.05, 3.63) is 47.8 Å². The van der Waals surface area contributed by atoms with Crippen molar-refractivity contribution < 1.29 is 0 Å². The molecular formula is C19H28IN5. The van der Waals surface area contributed by atoms with Gasteiger partial charge in [0.05, 0.1) is 11.4 Å². The van der Waals surface area contributed by atoms with Gasteiger partial charge in [0, 0.05) is 32.9 Å². The van der Waals surface area contributed by atoms with E-state index in [1.165, 1.54) is 18.4 Å². The fourth-order valence-corrected chi connectivity index (χ4v) is 3.19. The van der Waals surface area contributed by atoms with Crippen molar-refractivity contribution in [1.82, 2.24) is 20.0 Å². The van der Waals surface area contributed by atoms with Crippen molar-refractivity contribution in [2.75, 3.05) is 26.7 Å². The fourth-order valence-electron chi connectivity index (χ4n) is 3.19. The molecule has 0 unspecified atom stereocenters. The Morgan fingerprint density at radius 1 is 1.20 bits per heavy atom. The average molecular weight is 453 g/mol. The summed E-state index contributed by atoms with van der Waals surface area (Å²) in [6.07, 6.45) is 6.81. The third kappa shape index (κ3) is 5.20. The summed E-state index contributed by atoms with van der Waals surface area (Å²) >= 11 is 0. The highest BCUT2D eigenvalue weighted by Gasteiger charge is 2.15. The first-order valence-electron chi connectivity index (χ1n) is 8.84. The number of benzene rings is 1. The van der Waals surface area contributed by atoms with Crippen LogP contribution in [0, 0.1) is 6.92 Å². The lowest BCUT2D eigenvalue weighted by molar-refractivity contribution is 0.492. The molecule has 1 fully saturated rings. The molecule has 0 atom stereocenters. The first kappa shape index (κ1) is 19.8. The highest BCUT2D eigenvalue weighted by Crippen LogP contribution is 2.13. The number of rotatable bonds is 5. The molecule has 1 aromatic heterocycles. The SMILES string of the molecule is CN=C(NCCCc1cn(-c2ccccc2)nc1C)N1CCCC1.I. The van der Waals surface area contributed by atoms with E-state index in [0.29, 0.717) is 0 Å². The summed E-state index contributed by atoms with van der Waals surface area (Å²) in [5, 5.41) is 8.13. The van der Waals surface area contributed by atoms with Crippen molar-refractivity contribution in [3.8, 4) is 5.69 Å². The number of likely N-dealkylation sites (tertiary alicyclic amines) is 1. The summed E-state index contributed by atoms with van der Waals surface area (Å²) in [5.74, 6) is 1.05. The van der Waals surface area contributed by atoms with Gasteiger partial charge in [-0.2, -0.15) is 5.10 Å². The van der Waals surface area contributed by atoms with Crippen LogP contribution in [0.2, 0.25) is 0 Å². The number of hydrogen-bond acceptors (Lipinski definition) is 2. The first-order chi connectivity index (χ1) is 11.8. The van der Waals surface area contributed by atoms with Crippen molar-refractivity contribution in [2.45, 2.75) is 32.6 Å². The highest BCUT2D eigenvalue weighted by atomic mass is 127. The van der Waals surface area contributed by atoms with Crippen LogP contribution in [0.3, 0.4) is 0 Å². The maximum Gasteiger partial charge on any atom is 0.193 e. The van der Waals surface area contributed by atoms with Gasteiger partial charge in [-0.3, -0.25) is 4.99 Å².